The standard InChI is InChI=1S/C26H30O13/c1-9-18(28)34-24(7,35-19(29)10-2)15-17(27)16-26(38-22(32)13-5,39-23(33)14-6)25(8,36-20(30)11-3)37-21(31)12-4/h9-14,17,27H,1-6,15-16H2,7-8H3. The molecule has 0 aromatic carbocycles. The van der Waals surface area contributed by atoms with Crippen LogP contribution in [0.1, 0.15) is 26.7 Å². The second-order valence-electron chi connectivity index (χ2n) is 7.65. The molecule has 13 heteroatoms. The van der Waals surface area contributed by atoms with Crippen molar-refractivity contribution in [2.45, 2.75) is 50.2 Å². The van der Waals surface area contributed by atoms with E-state index in [1.807, 2.05) is 0 Å². The number of aliphatic hydroxyl groups is 1. The highest BCUT2D eigenvalue weighted by molar-refractivity contribution is 5.86. The van der Waals surface area contributed by atoms with Gasteiger partial charge < -0.3 is 33.5 Å². The Bertz CT molecular complexity index is 986. The fraction of sp³-hybridized carbons (Fsp3) is 0.308. The zero-order valence-electron chi connectivity index (χ0n) is 21.5. The summed E-state index contributed by atoms with van der Waals surface area (Å²) in [4.78, 5) is 72.9. The van der Waals surface area contributed by atoms with E-state index in [9.17, 15) is 33.9 Å². The molecule has 0 amide bonds. The van der Waals surface area contributed by atoms with Crippen molar-refractivity contribution in [1.82, 2.24) is 0 Å². The first-order chi connectivity index (χ1) is 18.1. The second-order valence-corrected chi connectivity index (χ2v) is 7.65. The molecule has 0 saturated carbocycles. The Morgan fingerprint density at radius 1 is 0.564 bits per heavy atom. The van der Waals surface area contributed by atoms with E-state index >= 15 is 0 Å². The lowest BCUT2D eigenvalue weighted by molar-refractivity contribution is -0.360. The lowest BCUT2D eigenvalue weighted by Gasteiger charge is -2.44. The van der Waals surface area contributed by atoms with Crippen LogP contribution in [0.15, 0.2) is 75.9 Å². The summed E-state index contributed by atoms with van der Waals surface area (Å²) in [6, 6.07) is 0. The van der Waals surface area contributed by atoms with Crippen LogP contribution in [-0.4, -0.2) is 64.4 Å². The summed E-state index contributed by atoms with van der Waals surface area (Å²) in [7, 11) is 0. The quantitative estimate of drug-likeness (QED) is 0.120. The lowest BCUT2D eigenvalue weighted by atomic mass is 9.95. The highest BCUT2D eigenvalue weighted by Crippen LogP contribution is 2.39. The van der Waals surface area contributed by atoms with E-state index in [0.717, 1.165) is 26.0 Å². The van der Waals surface area contributed by atoms with E-state index in [0.29, 0.717) is 24.3 Å². The van der Waals surface area contributed by atoms with Gasteiger partial charge in [-0.15, -0.1) is 0 Å². The molecule has 0 fully saturated rings. The molecule has 13 nitrogen and oxygen atoms in total. The zero-order valence-corrected chi connectivity index (χ0v) is 21.5. The Balaban J connectivity index is 7.04. The molecule has 0 bridgehead atoms. The van der Waals surface area contributed by atoms with Gasteiger partial charge in [0, 0.05) is 50.3 Å². The molecule has 1 atom stereocenters. The summed E-state index contributed by atoms with van der Waals surface area (Å²) in [5, 5.41) is 11.0. The molecule has 0 rings (SSSR count). The smallest absolute Gasteiger partial charge is 0.336 e. The van der Waals surface area contributed by atoms with Crippen LogP contribution in [-0.2, 0) is 57.2 Å². The summed E-state index contributed by atoms with van der Waals surface area (Å²) in [6.07, 6.45) is 0.301. The predicted octanol–water partition coefficient (Wildman–Crippen LogP) is 1.63. The van der Waals surface area contributed by atoms with Gasteiger partial charge in [-0.1, -0.05) is 39.5 Å². The molecule has 0 aliphatic carbocycles. The van der Waals surface area contributed by atoms with Crippen molar-refractivity contribution in [3.8, 4) is 0 Å². The third-order valence-corrected chi connectivity index (χ3v) is 4.56. The van der Waals surface area contributed by atoms with Gasteiger partial charge in [-0.3, -0.25) is 0 Å². The van der Waals surface area contributed by atoms with Crippen LogP contribution in [0.2, 0.25) is 0 Å². The van der Waals surface area contributed by atoms with Gasteiger partial charge in [0.15, 0.2) is 0 Å². The normalized spacial score (nSPS) is 11.8. The molecule has 39 heavy (non-hydrogen) atoms. The number of aliphatic hydroxyl groups excluding tert-OH is 1. The van der Waals surface area contributed by atoms with Gasteiger partial charge >= 0.3 is 47.4 Å². The van der Waals surface area contributed by atoms with Crippen LogP contribution < -0.4 is 0 Å². The lowest BCUT2D eigenvalue weighted by Crippen LogP contribution is -2.63. The Morgan fingerprint density at radius 3 is 1.15 bits per heavy atom. The molecule has 1 N–H and O–H groups in total. The molecule has 1 unspecified atom stereocenters. The minimum absolute atomic E-state index is 0.621. The zero-order chi connectivity index (χ0) is 30.4. The number of ether oxygens (including phenoxy) is 6. The highest BCUT2D eigenvalue weighted by Gasteiger charge is 2.62. The van der Waals surface area contributed by atoms with Gasteiger partial charge in [-0.25, -0.2) is 28.8 Å². The van der Waals surface area contributed by atoms with Crippen LogP contribution in [0.25, 0.3) is 0 Å². The third-order valence-electron chi connectivity index (χ3n) is 4.56. The molecule has 0 aliphatic rings. The minimum atomic E-state index is -2.97. The number of rotatable bonds is 17. The van der Waals surface area contributed by atoms with E-state index in [2.05, 4.69) is 39.5 Å². The van der Waals surface area contributed by atoms with E-state index < -0.39 is 72.1 Å². The van der Waals surface area contributed by atoms with Crippen LogP contribution in [0.3, 0.4) is 0 Å². The van der Waals surface area contributed by atoms with Crippen molar-refractivity contribution in [3.63, 3.8) is 0 Å². The topological polar surface area (TPSA) is 178 Å². The maximum Gasteiger partial charge on any atom is 0.336 e. The SMILES string of the molecule is C=CC(=O)OC(C)(CC(O)CC(OC(=O)C=C)(OC(=O)C=C)C(C)(OC(=O)C=C)OC(=O)C=C)OC(=O)C=C. The third kappa shape index (κ3) is 10.2. The summed E-state index contributed by atoms with van der Waals surface area (Å²) in [5.41, 5.74) is 0. The number of hydrogen-bond acceptors (Lipinski definition) is 13. The molecule has 0 aromatic heterocycles. The van der Waals surface area contributed by atoms with E-state index in [1.165, 1.54) is 0 Å². The molecule has 0 heterocycles. The van der Waals surface area contributed by atoms with Crippen molar-refractivity contribution in [1.29, 1.82) is 0 Å². The largest absolute Gasteiger partial charge is 0.420 e. The summed E-state index contributed by atoms with van der Waals surface area (Å²) in [5.74, 6) is -15.2. The maximum absolute atomic E-state index is 12.4. The minimum Gasteiger partial charge on any atom is -0.420 e. The fourth-order valence-corrected chi connectivity index (χ4v) is 2.95. The number of hydrogen-bond donors (Lipinski definition) is 1. The first-order valence-electron chi connectivity index (χ1n) is 10.9. The van der Waals surface area contributed by atoms with Crippen LogP contribution >= 0.6 is 0 Å². The van der Waals surface area contributed by atoms with Crippen LogP contribution in [0.5, 0.6) is 0 Å². The molecule has 0 aliphatic heterocycles. The molecule has 0 aromatic rings. The van der Waals surface area contributed by atoms with Crippen molar-refractivity contribution >= 4 is 35.8 Å². The maximum atomic E-state index is 12.4. The van der Waals surface area contributed by atoms with Crippen molar-refractivity contribution in [2.75, 3.05) is 0 Å². The summed E-state index contributed by atoms with van der Waals surface area (Å²) in [6.45, 7) is 21.3. The average molecular weight is 551 g/mol. The second kappa shape index (κ2) is 14.8. The molecular formula is C26H30O13. The monoisotopic (exact) mass is 550 g/mol. The molecular weight excluding hydrogens is 520 g/mol. The molecule has 212 valence electrons. The Labute approximate surface area is 224 Å². The van der Waals surface area contributed by atoms with Gasteiger partial charge in [0.05, 0.1) is 18.9 Å². The molecule has 0 saturated heterocycles. The first-order valence-corrected chi connectivity index (χ1v) is 10.9. The first kappa shape index (κ1) is 34.2. The van der Waals surface area contributed by atoms with Crippen LogP contribution in [0, 0.1) is 0 Å². The van der Waals surface area contributed by atoms with Crippen molar-refractivity contribution in [2.24, 2.45) is 0 Å². The van der Waals surface area contributed by atoms with Gasteiger partial charge in [-0.05, 0) is 0 Å². The predicted molar refractivity (Wildman–Crippen MR) is 133 cm³/mol. The summed E-state index contributed by atoms with van der Waals surface area (Å²) < 4.78 is 30.8. The Kier molecular flexibility index (Phi) is 13.0. The molecule has 0 radical (unpaired) electrons. The van der Waals surface area contributed by atoms with E-state index in [1.54, 1.807) is 0 Å². The number of esters is 6. The van der Waals surface area contributed by atoms with E-state index in [4.69, 9.17) is 28.4 Å². The fourth-order valence-electron chi connectivity index (χ4n) is 2.95. The summed E-state index contributed by atoms with van der Waals surface area (Å²) >= 11 is 0. The Hall–Kier alpha value is -4.78. The van der Waals surface area contributed by atoms with Gasteiger partial charge in [0.1, 0.15) is 0 Å². The average Bonchev–Trinajstić information content (AvgIpc) is 2.87. The van der Waals surface area contributed by atoms with Gasteiger partial charge in [-0.2, -0.15) is 0 Å². The number of carbonyl (C=O) groups excluding carboxylic acids is 6. The van der Waals surface area contributed by atoms with Gasteiger partial charge in [0.25, 0.3) is 5.79 Å². The van der Waals surface area contributed by atoms with Gasteiger partial charge in [0.2, 0.25) is 0 Å². The van der Waals surface area contributed by atoms with Crippen LogP contribution in [0.4, 0.5) is 0 Å². The van der Waals surface area contributed by atoms with Crippen molar-refractivity contribution in [3.05, 3.63) is 75.9 Å². The molecule has 0 spiro atoms. The van der Waals surface area contributed by atoms with Crippen molar-refractivity contribution < 1.29 is 62.3 Å². The number of carbonyl (C=O) groups is 6. The highest BCUT2D eigenvalue weighted by atomic mass is 16.8. The Morgan fingerprint density at radius 2 is 0.846 bits per heavy atom. The van der Waals surface area contributed by atoms with E-state index in [-0.39, 0.29) is 0 Å².